The van der Waals surface area contributed by atoms with Gasteiger partial charge in [-0.1, -0.05) is 12.2 Å². The third-order valence-electron chi connectivity index (χ3n) is 9.04. The molecule has 0 aromatic rings. The second kappa shape index (κ2) is 5.14. The summed E-state index contributed by atoms with van der Waals surface area (Å²) in [4.78, 5) is 25.1. The van der Waals surface area contributed by atoms with Crippen molar-refractivity contribution in [3.63, 3.8) is 0 Å². The topological polar surface area (TPSA) is 66.4 Å². The van der Waals surface area contributed by atoms with E-state index in [1.807, 2.05) is 0 Å². The van der Waals surface area contributed by atoms with Crippen LogP contribution in [0.5, 0.6) is 0 Å². The fraction of sp³-hybridized carbons (Fsp3) is 0.818. The molecular formula is C22H29NO3. The summed E-state index contributed by atoms with van der Waals surface area (Å²) in [6, 6.07) is 0. The SMILES string of the molecule is O=C(O)[C@@H]1[C@H]2C=C[C@@H]([C@@H]3C[C@@H]23)[C@H]1C(=O)NCC12CC3CC(CC(C3)C1)C2. The molecule has 0 radical (unpaired) electrons. The Bertz CT molecular complexity index is 662. The van der Waals surface area contributed by atoms with Gasteiger partial charge in [-0.2, -0.15) is 0 Å². The predicted octanol–water partition coefficient (Wildman–Crippen LogP) is 3.09. The molecule has 0 saturated heterocycles. The average molecular weight is 355 g/mol. The van der Waals surface area contributed by atoms with Crippen molar-refractivity contribution in [2.75, 3.05) is 6.54 Å². The molecule has 0 aliphatic heterocycles. The van der Waals surface area contributed by atoms with Crippen LogP contribution >= 0.6 is 0 Å². The van der Waals surface area contributed by atoms with Gasteiger partial charge in [0.2, 0.25) is 5.91 Å². The van der Waals surface area contributed by atoms with E-state index in [0.29, 0.717) is 17.3 Å². The molecular weight excluding hydrogens is 326 g/mol. The van der Waals surface area contributed by atoms with E-state index >= 15 is 0 Å². The molecule has 2 N–H and O–H groups in total. The van der Waals surface area contributed by atoms with Gasteiger partial charge < -0.3 is 10.4 Å². The van der Waals surface area contributed by atoms with Gasteiger partial charge in [-0.05, 0) is 91.8 Å². The smallest absolute Gasteiger partial charge is 0.307 e. The number of hydrogen-bond donors (Lipinski definition) is 2. The van der Waals surface area contributed by atoms with Crippen LogP contribution in [-0.4, -0.2) is 23.5 Å². The van der Waals surface area contributed by atoms with Crippen molar-refractivity contribution in [1.29, 1.82) is 0 Å². The monoisotopic (exact) mass is 355 g/mol. The van der Waals surface area contributed by atoms with E-state index in [0.717, 1.165) is 30.7 Å². The average Bonchev–Trinajstić information content (AvgIpc) is 3.40. The lowest BCUT2D eigenvalue weighted by atomic mass is 9.49. The zero-order chi connectivity index (χ0) is 17.6. The van der Waals surface area contributed by atoms with E-state index in [4.69, 9.17) is 0 Å². The number of carboxylic acids is 1. The molecule has 1 amide bonds. The standard InChI is InChI=1S/C22H29NO3/c24-20(18-14-1-2-15(17-6-16(14)17)19(18)21(25)26)23-10-22-7-11-3-12(8-22)5-13(4-11)9-22/h1-2,11-19H,3-10H2,(H,23,24)(H,25,26)/t11?,12?,13?,14-,15-,16-,17-,18+,19+,22?/m0/s1. The molecule has 8 aliphatic carbocycles. The van der Waals surface area contributed by atoms with Gasteiger partial charge in [-0.25, -0.2) is 0 Å². The fourth-order valence-corrected chi connectivity index (χ4v) is 8.47. The Hall–Kier alpha value is -1.32. The van der Waals surface area contributed by atoms with Crippen LogP contribution in [-0.2, 0) is 9.59 Å². The first-order chi connectivity index (χ1) is 12.5. The first kappa shape index (κ1) is 15.7. The summed E-state index contributed by atoms with van der Waals surface area (Å²) in [6.07, 6.45) is 13.4. The van der Waals surface area contributed by atoms with Crippen molar-refractivity contribution < 1.29 is 14.7 Å². The van der Waals surface area contributed by atoms with Gasteiger partial charge in [-0.3, -0.25) is 9.59 Å². The molecule has 0 heterocycles. The lowest BCUT2D eigenvalue weighted by Crippen LogP contribution is -2.54. The molecule has 0 aromatic heterocycles. The summed E-state index contributed by atoms with van der Waals surface area (Å²) in [7, 11) is 0. The van der Waals surface area contributed by atoms with E-state index < -0.39 is 11.9 Å². The maximum atomic E-state index is 13.2. The van der Waals surface area contributed by atoms with Crippen LogP contribution in [0.2, 0.25) is 0 Å². The van der Waals surface area contributed by atoms with Crippen LogP contribution in [0.1, 0.15) is 44.9 Å². The molecule has 6 atom stereocenters. The highest BCUT2D eigenvalue weighted by Gasteiger charge is 2.63. The van der Waals surface area contributed by atoms with Gasteiger partial charge in [0.15, 0.2) is 0 Å². The van der Waals surface area contributed by atoms with Gasteiger partial charge in [-0.15, -0.1) is 0 Å². The van der Waals surface area contributed by atoms with Crippen LogP contribution in [0.4, 0.5) is 0 Å². The molecule has 6 bridgehead atoms. The first-order valence-corrected chi connectivity index (χ1v) is 10.7. The number of rotatable bonds is 4. The van der Waals surface area contributed by atoms with Crippen molar-refractivity contribution in [3.05, 3.63) is 12.2 Å². The normalized spacial score (nSPS) is 54.8. The molecule has 0 aromatic carbocycles. The van der Waals surface area contributed by atoms with Crippen molar-refractivity contribution in [2.45, 2.75) is 44.9 Å². The lowest BCUT2D eigenvalue weighted by molar-refractivity contribution is -0.153. The quantitative estimate of drug-likeness (QED) is 0.762. The van der Waals surface area contributed by atoms with Crippen molar-refractivity contribution >= 4 is 11.9 Å². The van der Waals surface area contributed by atoms with Crippen molar-refractivity contribution in [1.82, 2.24) is 5.32 Å². The van der Waals surface area contributed by atoms with Gasteiger partial charge >= 0.3 is 5.97 Å². The highest BCUT2D eigenvalue weighted by atomic mass is 16.4. The van der Waals surface area contributed by atoms with Gasteiger partial charge in [0.05, 0.1) is 11.8 Å². The molecule has 0 unspecified atom stereocenters. The van der Waals surface area contributed by atoms with E-state index in [2.05, 4.69) is 17.5 Å². The minimum absolute atomic E-state index is 0.0258. The lowest BCUT2D eigenvalue weighted by Gasteiger charge is -2.57. The summed E-state index contributed by atoms with van der Waals surface area (Å²) >= 11 is 0. The number of carbonyl (C=O) groups excluding carboxylic acids is 1. The molecule has 0 spiro atoms. The van der Waals surface area contributed by atoms with E-state index in [1.165, 1.54) is 38.5 Å². The molecule has 4 nitrogen and oxygen atoms in total. The fourth-order valence-electron chi connectivity index (χ4n) is 8.47. The first-order valence-electron chi connectivity index (χ1n) is 10.7. The number of amides is 1. The van der Waals surface area contributed by atoms with E-state index in [-0.39, 0.29) is 23.7 Å². The highest BCUT2D eigenvalue weighted by molar-refractivity contribution is 5.86. The summed E-state index contributed by atoms with van der Waals surface area (Å²) in [5, 5.41) is 13.1. The number of carbonyl (C=O) groups is 2. The zero-order valence-electron chi connectivity index (χ0n) is 15.3. The zero-order valence-corrected chi connectivity index (χ0v) is 15.3. The highest BCUT2D eigenvalue weighted by Crippen LogP contribution is 2.64. The Morgan fingerprint density at radius 3 is 1.96 bits per heavy atom. The van der Waals surface area contributed by atoms with Crippen LogP contribution in [0.15, 0.2) is 12.2 Å². The van der Waals surface area contributed by atoms with Crippen LogP contribution in [0, 0.1) is 58.7 Å². The number of carboxylic acid groups (broad SMARTS) is 1. The van der Waals surface area contributed by atoms with Crippen molar-refractivity contribution in [3.8, 4) is 0 Å². The number of fused-ring (bicyclic) bond motifs is 1. The third kappa shape index (κ3) is 2.13. The maximum absolute atomic E-state index is 13.2. The van der Waals surface area contributed by atoms with Crippen LogP contribution in [0.25, 0.3) is 0 Å². The Labute approximate surface area is 154 Å². The second-order valence-corrected chi connectivity index (χ2v) is 10.6. The number of hydrogen-bond acceptors (Lipinski definition) is 2. The Kier molecular flexibility index (Phi) is 3.11. The maximum Gasteiger partial charge on any atom is 0.307 e. The van der Waals surface area contributed by atoms with E-state index in [9.17, 15) is 14.7 Å². The Balaban J connectivity index is 1.19. The second-order valence-electron chi connectivity index (χ2n) is 10.6. The largest absolute Gasteiger partial charge is 0.481 e. The van der Waals surface area contributed by atoms with Gasteiger partial charge in [0.25, 0.3) is 0 Å². The summed E-state index contributed by atoms with van der Waals surface area (Å²) < 4.78 is 0. The summed E-state index contributed by atoms with van der Waals surface area (Å²) in [5.74, 6) is 2.37. The molecule has 6 saturated carbocycles. The number of allylic oxidation sites excluding steroid dienone is 2. The van der Waals surface area contributed by atoms with Crippen LogP contribution in [0.3, 0.4) is 0 Å². The minimum atomic E-state index is -0.773. The summed E-state index contributed by atoms with van der Waals surface area (Å²) in [5.41, 5.74) is 0.314. The minimum Gasteiger partial charge on any atom is -0.481 e. The molecule has 140 valence electrons. The van der Waals surface area contributed by atoms with Crippen molar-refractivity contribution in [2.24, 2.45) is 58.7 Å². The number of aliphatic carboxylic acids is 1. The molecule has 26 heavy (non-hydrogen) atoms. The molecule has 8 aliphatic rings. The Morgan fingerprint density at radius 1 is 0.885 bits per heavy atom. The van der Waals surface area contributed by atoms with Gasteiger partial charge in [0, 0.05) is 6.54 Å². The van der Waals surface area contributed by atoms with E-state index in [1.54, 1.807) is 0 Å². The molecule has 6 fully saturated rings. The third-order valence-corrected chi connectivity index (χ3v) is 9.04. The summed E-state index contributed by atoms with van der Waals surface area (Å²) in [6.45, 7) is 0.785. The molecule has 8 rings (SSSR count). The Morgan fingerprint density at radius 2 is 1.42 bits per heavy atom. The van der Waals surface area contributed by atoms with Gasteiger partial charge in [0.1, 0.15) is 0 Å². The molecule has 4 heteroatoms. The van der Waals surface area contributed by atoms with Crippen LogP contribution < -0.4 is 5.32 Å². The number of nitrogens with one attached hydrogen (secondary N) is 1. The predicted molar refractivity (Wildman–Crippen MR) is 95.9 cm³/mol.